The Morgan fingerprint density at radius 3 is 2.88 bits per heavy atom. The minimum atomic E-state index is -0.345. The zero-order chi connectivity index (χ0) is 12.0. The third-order valence-corrected chi connectivity index (χ3v) is 2.29. The molecule has 0 saturated carbocycles. The summed E-state index contributed by atoms with van der Waals surface area (Å²) in [5.74, 6) is 0.863. The van der Waals surface area contributed by atoms with Crippen LogP contribution in [0.1, 0.15) is 25.3 Å². The first-order chi connectivity index (χ1) is 7.58. The van der Waals surface area contributed by atoms with Crippen molar-refractivity contribution >= 4 is 0 Å². The van der Waals surface area contributed by atoms with Gasteiger partial charge in [-0.2, -0.15) is 0 Å². The fourth-order valence-corrected chi connectivity index (χ4v) is 1.52. The van der Waals surface area contributed by atoms with E-state index in [2.05, 4.69) is 6.58 Å². The molecule has 0 aliphatic heterocycles. The summed E-state index contributed by atoms with van der Waals surface area (Å²) in [7, 11) is 0. The monoisotopic (exact) mass is 220 g/mol. The zero-order valence-corrected chi connectivity index (χ0v) is 10.1. The maximum atomic E-state index is 9.61. The van der Waals surface area contributed by atoms with Crippen molar-refractivity contribution in [1.82, 2.24) is 0 Å². The lowest BCUT2D eigenvalue weighted by Gasteiger charge is -2.11. The van der Waals surface area contributed by atoms with Gasteiger partial charge in [-0.1, -0.05) is 17.7 Å². The molecule has 0 heterocycles. The fraction of sp³-hybridized carbons (Fsp3) is 0.429. The zero-order valence-electron chi connectivity index (χ0n) is 10.1. The van der Waals surface area contributed by atoms with Gasteiger partial charge in [0.05, 0.1) is 12.7 Å². The predicted molar refractivity (Wildman–Crippen MR) is 66.7 cm³/mol. The van der Waals surface area contributed by atoms with Crippen molar-refractivity contribution in [3.8, 4) is 5.75 Å². The SMILES string of the molecule is C=C(C)CC(O)CCOc1cccc(C)c1. The molecule has 0 spiro atoms. The molecule has 0 radical (unpaired) electrons. The molecule has 1 N–H and O–H groups in total. The number of benzene rings is 1. The predicted octanol–water partition coefficient (Wildman–Crippen LogP) is 3.09. The molecule has 0 amide bonds. The average Bonchev–Trinajstić information content (AvgIpc) is 2.16. The van der Waals surface area contributed by atoms with Crippen LogP contribution >= 0.6 is 0 Å². The standard InChI is InChI=1S/C14H20O2/c1-11(2)9-13(15)7-8-16-14-6-4-5-12(3)10-14/h4-6,10,13,15H,1,7-9H2,2-3H3. The summed E-state index contributed by atoms with van der Waals surface area (Å²) >= 11 is 0. The number of aliphatic hydroxyl groups excluding tert-OH is 1. The van der Waals surface area contributed by atoms with E-state index in [0.29, 0.717) is 19.4 Å². The lowest BCUT2D eigenvalue weighted by Crippen LogP contribution is -2.12. The van der Waals surface area contributed by atoms with Crippen LogP contribution < -0.4 is 4.74 Å². The Labute approximate surface area is 97.6 Å². The van der Waals surface area contributed by atoms with Crippen molar-refractivity contribution in [3.05, 3.63) is 42.0 Å². The van der Waals surface area contributed by atoms with E-state index in [1.165, 1.54) is 5.56 Å². The molecule has 0 bridgehead atoms. The molecular formula is C14H20O2. The third kappa shape index (κ3) is 4.99. The van der Waals surface area contributed by atoms with Crippen LogP contribution in [-0.2, 0) is 0 Å². The molecule has 1 atom stereocenters. The van der Waals surface area contributed by atoms with Crippen LogP contribution in [0.2, 0.25) is 0 Å². The van der Waals surface area contributed by atoms with Gasteiger partial charge in [-0.15, -0.1) is 6.58 Å². The number of hydrogen-bond acceptors (Lipinski definition) is 2. The minimum Gasteiger partial charge on any atom is -0.493 e. The Kier molecular flexibility index (Phi) is 5.06. The van der Waals surface area contributed by atoms with Gasteiger partial charge < -0.3 is 9.84 Å². The van der Waals surface area contributed by atoms with Crippen LogP contribution in [0.4, 0.5) is 0 Å². The number of rotatable bonds is 6. The van der Waals surface area contributed by atoms with Crippen molar-refractivity contribution in [2.24, 2.45) is 0 Å². The first-order valence-corrected chi connectivity index (χ1v) is 5.60. The molecule has 1 unspecified atom stereocenters. The van der Waals surface area contributed by atoms with E-state index >= 15 is 0 Å². The van der Waals surface area contributed by atoms with Gasteiger partial charge in [0.25, 0.3) is 0 Å². The van der Waals surface area contributed by atoms with E-state index in [-0.39, 0.29) is 6.10 Å². The van der Waals surface area contributed by atoms with Gasteiger partial charge in [0.1, 0.15) is 5.75 Å². The molecule has 1 rings (SSSR count). The maximum Gasteiger partial charge on any atom is 0.119 e. The van der Waals surface area contributed by atoms with Crippen LogP contribution in [0.5, 0.6) is 5.75 Å². The Morgan fingerprint density at radius 2 is 2.25 bits per heavy atom. The van der Waals surface area contributed by atoms with Crippen LogP contribution in [0, 0.1) is 6.92 Å². The molecular weight excluding hydrogens is 200 g/mol. The molecule has 16 heavy (non-hydrogen) atoms. The maximum absolute atomic E-state index is 9.61. The summed E-state index contributed by atoms with van der Waals surface area (Å²) < 4.78 is 5.55. The van der Waals surface area contributed by atoms with Crippen LogP contribution in [0.15, 0.2) is 36.4 Å². The second-order valence-electron chi connectivity index (χ2n) is 4.27. The minimum absolute atomic E-state index is 0.345. The highest BCUT2D eigenvalue weighted by Crippen LogP contribution is 2.13. The van der Waals surface area contributed by atoms with Crippen LogP contribution in [0.3, 0.4) is 0 Å². The molecule has 1 aromatic rings. The molecule has 0 fully saturated rings. The number of ether oxygens (including phenoxy) is 1. The van der Waals surface area contributed by atoms with Crippen molar-refractivity contribution in [1.29, 1.82) is 0 Å². The second-order valence-corrected chi connectivity index (χ2v) is 4.27. The average molecular weight is 220 g/mol. The van der Waals surface area contributed by atoms with E-state index in [1.54, 1.807) is 0 Å². The molecule has 1 aromatic carbocycles. The Bertz CT molecular complexity index is 344. The van der Waals surface area contributed by atoms with Crippen molar-refractivity contribution in [3.63, 3.8) is 0 Å². The van der Waals surface area contributed by atoms with E-state index in [0.717, 1.165) is 11.3 Å². The normalized spacial score (nSPS) is 12.2. The summed E-state index contributed by atoms with van der Waals surface area (Å²) in [6.45, 7) is 8.26. The van der Waals surface area contributed by atoms with Crippen molar-refractivity contribution in [2.75, 3.05) is 6.61 Å². The third-order valence-electron chi connectivity index (χ3n) is 2.29. The summed E-state index contributed by atoms with van der Waals surface area (Å²) in [4.78, 5) is 0. The van der Waals surface area contributed by atoms with Crippen molar-refractivity contribution < 1.29 is 9.84 Å². The number of aryl methyl sites for hydroxylation is 1. The Hall–Kier alpha value is -1.28. The first kappa shape index (κ1) is 12.8. The summed E-state index contributed by atoms with van der Waals surface area (Å²) in [5, 5.41) is 9.61. The van der Waals surface area contributed by atoms with Gasteiger partial charge >= 0.3 is 0 Å². The molecule has 0 aliphatic carbocycles. The molecule has 2 heteroatoms. The second kappa shape index (κ2) is 6.33. The fourth-order valence-electron chi connectivity index (χ4n) is 1.52. The highest BCUT2D eigenvalue weighted by atomic mass is 16.5. The largest absolute Gasteiger partial charge is 0.493 e. The van der Waals surface area contributed by atoms with Crippen LogP contribution in [0.25, 0.3) is 0 Å². The Morgan fingerprint density at radius 1 is 1.50 bits per heavy atom. The molecule has 0 aliphatic rings. The van der Waals surface area contributed by atoms with Gasteiger partial charge in [-0.3, -0.25) is 0 Å². The number of aliphatic hydroxyl groups is 1. The highest BCUT2D eigenvalue weighted by molar-refractivity contribution is 5.27. The van der Waals surface area contributed by atoms with Gasteiger partial charge in [-0.25, -0.2) is 0 Å². The molecule has 88 valence electrons. The number of hydrogen-bond donors (Lipinski definition) is 1. The quantitative estimate of drug-likeness (QED) is 0.746. The first-order valence-electron chi connectivity index (χ1n) is 5.60. The highest BCUT2D eigenvalue weighted by Gasteiger charge is 2.04. The van der Waals surface area contributed by atoms with Crippen molar-refractivity contribution in [2.45, 2.75) is 32.8 Å². The summed E-state index contributed by atoms with van der Waals surface area (Å²) in [6.07, 6.45) is 0.945. The van der Waals surface area contributed by atoms with Gasteiger partial charge in [0, 0.05) is 6.42 Å². The van der Waals surface area contributed by atoms with E-state index in [1.807, 2.05) is 38.1 Å². The molecule has 0 aromatic heterocycles. The van der Waals surface area contributed by atoms with Crippen LogP contribution in [-0.4, -0.2) is 17.8 Å². The van der Waals surface area contributed by atoms with E-state index < -0.39 is 0 Å². The smallest absolute Gasteiger partial charge is 0.119 e. The van der Waals surface area contributed by atoms with E-state index in [9.17, 15) is 5.11 Å². The molecule has 2 nitrogen and oxygen atoms in total. The van der Waals surface area contributed by atoms with E-state index in [4.69, 9.17) is 4.74 Å². The summed E-state index contributed by atoms with van der Waals surface area (Å²) in [6, 6.07) is 7.92. The lowest BCUT2D eigenvalue weighted by atomic mass is 10.1. The summed E-state index contributed by atoms with van der Waals surface area (Å²) in [5.41, 5.74) is 2.18. The lowest BCUT2D eigenvalue weighted by molar-refractivity contribution is 0.139. The van der Waals surface area contributed by atoms with Gasteiger partial charge in [-0.05, 0) is 38.0 Å². The topological polar surface area (TPSA) is 29.5 Å². The van der Waals surface area contributed by atoms with Gasteiger partial charge in [0.2, 0.25) is 0 Å². The molecule has 0 saturated heterocycles. The Balaban J connectivity index is 2.27. The van der Waals surface area contributed by atoms with Gasteiger partial charge in [0.15, 0.2) is 0 Å².